The van der Waals surface area contributed by atoms with Crippen molar-refractivity contribution < 1.29 is 0 Å². The van der Waals surface area contributed by atoms with Gasteiger partial charge in [-0.15, -0.1) is 0 Å². The van der Waals surface area contributed by atoms with Crippen LogP contribution in [0.3, 0.4) is 0 Å². The minimum Gasteiger partial charge on any atom is -0.304 e. The molecule has 88 valence electrons. The van der Waals surface area contributed by atoms with Gasteiger partial charge in [-0.25, -0.2) is 4.68 Å². The Kier molecular flexibility index (Phi) is 2.19. The molecule has 0 bridgehead atoms. The van der Waals surface area contributed by atoms with Crippen LogP contribution in [0.15, 0.2) is 29.1 Å². The Labute approximate surface area is 99.3 Å². The number of para-hydroxylation sites is 1. The highest BCUT2D eigenvalue weighted by molar-refractivity contribution is 5.41. The fraction of sp³-hybridized carbons (Fsp3) is 0.308. The van der Waals surface area contributed by atoms with Gasteiger partial charge in [0, 0.05) is 12.6 Å². The molecule has 1 aliphatic heterocycles. The highest BCUT2D eigenvalue weighted by Gasteiger charge is 2.25. The maximum atomic E-state index is 12.3. The molecule has 4 heteroatoms. The van der Waals surface area contributed by atoms with Crippen molar-refractivity contribution in [3.05, 3.63) is 51.4 Å². The summed E-state index contributed by atoms with van der Waals surface area (Å²) in [5, 5.41) is 6.45. The van der Waals surface area contributed by atoms with E-state index in [0.29, 0.717) is 0 Å². The summed E-state index contributed by atoms with van der Waals surface area (Å²) in [6, 6.07) is 8.03. The van der Waals surface area contributed by atoms with Gasteiger partial charge in [0.2, 0.25) is 0 Å². The lowest BCUT2D eigenvalue weighted by Gasteiger charge is -2.07. The highest BCUT2D eigenvalue weighted by Crippen LogP contribution is 2.21. The number of hydrogen-bond donors (Lipinski definition) is 2. The van der Waals surface area contributed by atoms with Crippen molar-refractivity contribution in [1.82, 2.24) is 15.1 Å². The molecule has 2 heterocycles. The van der Waals surface area contributed by atoms with Gasteiger partial charge < -0.3 is 5.32 Å². The molecule has 0 radical (unpaired) electrons. The van der Waals surface area contributed by atoms with E-state index in [1.807, 2.05) is 38.1 Å². The second kappa shape index (κ2) is 3.60. The summed E-state index contributed by atoms with van der Waals surface area (Å²) in [6.45, 7) is 4.77. The molecule has 4 nitrogen and oxygen atoms in total. The van der Waals surface area contributed by atoms with E-state index >= 15 is 0 Å². The third-order valence-corrected chi connectivity index (χ3v) is 3.38. The Bertz CT molecular complexity index is 624. The third kappa shape index (κ3) is 1.45. The number of H-pyrrole nitrogens is 1. The largest absolute Gasteiger partial charge is 0.304 e. The van der Waals surface area contributed by atoms with Crippen molar-refractivity contribution in [2.24, 2.45) is 0 Å². The van der Waals surface area contributed by atoms with Crippen LogP contribution < -0.4 is 10.9 Å². The van der Waals surface area contributed by atoms with Gasteiger partial charge in [-0.05, 0) is 25.5 Å². The van der Waals surface area contributed by atoms with Crippen molar-refractivity contribution in [3.8, 4) is 5.69 Å². The Balaban J connectivity index is 2.22. The maximum Gasteiger partial charge on any atom is 0.276 e. The van der Waals surface area contributed by atoms with Crippen molar-refractivity contribution in [3.63, 3.8) is 0 Å². The molecule has 17 heavy (non-hydrogen) atoms. The van der Waals surface area contributed by atoms with E-state index in [1.165, 1.54) is 0 Å². The van der Waals surface area contributed by atoms with Gasteiger partial charge in [-0.2, -0.15) is 0 Å². The van der Waals surface area contributed by atoms with Crippen LogP contribution in [0, 0.1) is 6.92 Å². The molecule has 2 N–H and O–H groups in total. The molecule has 1 aliphatic rings. The Morgan fingerprint density at radius 1 is 1.35 bits per heavy atom. The number of aromatic amines is 1. The van der Waals surface area contributed by atoms with Crippen LogP contribution in [0.4, 0.5) is 0 Å². The summed E-state index contributed by atoms with van der Waals surface area (Å²) in [7, 11) is 0. The number of hydrogen-bond acceptors (Lipinski definition) is 2. The van der Waals surface area contributed by atoms with Gasteiger partial charge in [0.05, 0.1) is 16.9 Å². The molecular weight excluding hydrogens is 214 g/mol. The first-order valence-corrected chi connectivity index (χ1v) is 5.81. The van der Waals surface area contributed by atoms with Crippen LogP contribution >= 0.6 is 0 Å². The molecule has 1 unspecified atom stereocenters. The molecule has 0 saturated heterocycles. The molecule has 1 atom stereocenters. The lowest BCUT2D eigenvalue weighted by Crippen LogP contribution is -2.22. The number of nitrogens with one attached hydrogen (secondary N) is 2. The zero-order chi connectivity index (χ0) is 12.0. The van der Waals surface area contributed by atoms with E-state index in [0.717, 1.165) is 29.1 Å². The van der Waals surface area contributed by atoms with Crippen molar-refractivity contribution in [1.29, 1.82) is 0 Å². The normalized spacial score (nSPS) is 18.4. The van der Waals surface area contributed by atoms with Gasteiger partial charge in [0.25, 0.3) is 5.56 Å². The first-order valence-electron chi connectivity index (χ1n) is 5.81. The molecule has 3 rings (SSSR count). The zero-order valence-electron chi connectivity index (χ0n) is 9.95. The predicted octanol–water partition coefficient (Wildman–Crippen LogP) is 1.64. The van der Waals surface area contributed by atoms with E-state index in [9.17, 15) is 4.79 Å². The molecule has 0 spiro atoms. The van der Waals surface area contributed by atoms with Crippen molar-refractivity contribution in [2.45, 2.75) is 26.4 Å². The van der Waals surface area contributed by atoms with Crippen molar-refractivity contribution >= 4 is 0 Å². The number of aromatic nitrogens is 2. The van der Waals surface area contributed by atoms with E-state index in [-0.39, 0.29) is 11.6 Å². The topological polar surface area (TPSA) is 49.8 Å². The standard InChI is InChI=1S/C13H15N3O/c1-8-5-3-4-6-11(8)16-13(17)12-9(2)14-7-10(12)15-16/h3-6,9,14-15H,7H2,1-2H3. The summed E-state index contributed by atoms with van der Waals surface area (Å²) in [4.78, 5) is 12.3. The average Bonchev–Trinajstić information content (AvgIpc) is 2.82. The molecule has 0 amide bonds. The molecular formula is C13H15N3O. The lowest BCUT2D eigenvalue weighted by molar-refractivity contribution is 0.611. The Morgan fingerprint density at radius 3 is 2.82 bits per heavy atom. The first-order chi connectivity index (χ1) is 8.18. The van der Waals surface area contributed by atoms with Crippen LogP contribution in [-0.2, 0) is 6.54 Å². The highest BCUT2D eigenvalue weighted by atomic mass is 16.1. The van der Waals surface area contributed by atoms with Crippen LogP contribution in [0.5, 0.6) is 0 Å². The molecule has 1 aromatic carbocycles. The van der Waals surface area contributed by atoms with Gasteiger partial charge >= 0.3 is 0 Å². The fourth-order valence-corrected chi connectivity index (χ4v) is 2.42. The number of rotatable bonds is 1. The second-order valence-corrected chi connectivity index (χ2v) is 4.53. The van der Waals surface area contributed by atoms with E-state index < -0.39 is 0 Å². The van der Waals surface area contributed by atoms with Crippen LogP contribution in [-0.4, -0.2) is 9.78 Å². The maximum absolute atomic E-state index is 12.3. The minimum atomic E-state index is 0.0619. The van der Waals surface area contributed by atoms with Gasteiger partial charge in [0.1, 0.15) is 0 Å². The second-order valence-electron chi connectivity index (χ2n) is 4.53. The van der Waals surface area contributed by atoms with Crippen LogP contribution in [0.2, 0.25) is 0 Å². The molecule has 0 aliphatic carbocycles. The minimum absolute atomic E-state index is 0.0619. The summed E-state index contributed by atoms with van der Waals surface area (Å²) in [6.07, 6.45) is 0. The first kappa shape index (κ1) is 10.4. The third-order valence-electron chi connectivity index (χ3n) is 3.38. The van der Waals surface area contributed by atoms with Crippen molar-refractivity contribution in [2.75, 3.05) is 0 Å². The average molecular weight is 229 g/mol. The zero-order valence-corrected chi connectivity index (χ0v) is 9.95. The quantitative estimate of drug-likeness (QED) is 0.781. The van der Waals surface area contributed by atoms with E-state index in [2.05, 4.69) is 10.4 Å². The van der Waals surface area contributed by atoms with Gasteiger partial charge in [-0.1, -0.05) is 18.2 Å². The Morgan fingerprint density at radius 2 is 2.12 bits per heavy atom. The Hall–Kier alpha value is -1.81. The number of nitrogens with zero attached hydrogens (tertiary/aromatic N) is 1. The number of benzene rings is 1. The van der Waals surface area contributed by atoms with E-state index in [4.69, 9.17) is 0 Å². The van der Waals surface area contributed by atoms with Gasteiger partial charge in [0.15, 0.2) is 0 Å². The molecule has 2 aromatic rings. The van der Waals surface area contributed by atoms with Gasteiger partial charge in [-0.3, -0.25) is 9.89 Å². The number of fused-ring (bicyclic) bond motifs is 1. The fourth-order valence-electron chi connectivity index (χ4n) is 2.42. The number of aryl methyl sites for hydroxylation is 1. The lowest BCUT2D eigenvalue weighted by atomic mass is 10.2. The SMILES string of the molecule is Cc1ccccc1-n1[nH]c2c(c1=O)C(C)NC2. The van der Waals surface area contributed by atoms with Crippen LogP contribution in [0.25, 0.3) is 5.69 Å². The van der Waals surface area contributed by atoms with E-state index in [1.54, 1.807) is 4.68 Å². The van der Waals surface area contributed by atoms with Crippen LogP contribution in [0.1, 0.15) is 29.8 Å². The smallest absolute Gasteiger partial charge is 0.276 e. The summed E-state index contributed by atoms with van der Waals surface area (Å²) < 4.78 is 1.65. The molecule has 1 aromatic heterocycles. The predicted molar refractivity (Wildman–Crippen MR) is 66.4 cm³/mol. The molecule has 0 saturated carbocycles. The molecule has 0 fully saturated rings. The summed E-state index contributed by atoms with van der Waals surface area (Å²) in [5.74, 6) is 0. The summed E-state index contributed by atoms with van der Waals surface area (Å²) >= 11 is 0. The monoisotopic (exact) mass is 229 g/mol. The summed E-state index contributed by atoms with van der Waals surface area (Å²) in [5.41, 5.74) is 3.96.